The van der Waals surface area contributed by atoms with E-state index in [4.69, 9.17) is 4.74 Å². The Balaban J connectivity index is 1.52. The third-order valence-electron chi connectivity index (χ3n) is 3.94. The number of hydrogen-bond acceptors (Lipinski definition) is 5. The van der Waals surface area contributed by atoms with E-state index in [1.54, 1.807) is 43.3 Å². The van der Waals surface area contributed by atoms with E-state index in [0.717, 1.165) is 16.3 Å². The summed E-state index contributed by atoms with van der Waals surface area (Å²) in [7, 11) is 0. The second kappa shape index (κ2) is 9.23. The number of nitrogens with zero attached hydrogens (tertiary/aromatic N) is 1. The number of aromatic nitrogens is 1. The number of nitrogens with one attached hydrogen (secondary N) is 1. The van der Waals surface area contributed by atoms with Crippen LogP contribution in [0.5, 0.6) is 0 Å². The monoisotopic (exact) mass is 398 g/mol. The number of amides is 1. The molecule has 1 N–H and O–H groups in total. The number of rotatable bonds is 7. The average molecular weight is 398 g/mol. The van der Waals surface area contributed by atoms with Crippen LogP contribution < -0.4 is 5.32 Å². The van der Waals surface area contributed by atoms with Gasteiger partial charge in [-0.05, 0) is 55.5 Å². The number of halogens is 1. The van der Waals surface area contributed by atoms with Crippen LogP contribution in [0, 0.1) is 5.82 Å². The summed E-state index contributed by atoms with van der Waals surface area (Å²) < 4.78 is 17.9. The number of esters is 1. The Morgan fingerprint density at radius 1 is 1.11 bits per heavy atom. The van der Waals surface area contributed by atoms with Gasteiger partial charge in [0.1, 0.15) is 5.82 Å². The Morgan fingerprint density at radius 2 is 1.82 bits per heavy atom. The minimum Gasteiger partial charge on any atom is -0.462 e. The highest BCUT2D eigenvalue weighted by Crippen LogP contribution is 2.23. The molecule has 5 nitrogen and oxygen atoms in total. The van der Waals surface area contributed by atoms with Gasteiger partial charge in [0.2, 0.25) is 5.91 Å². The molecule has 0 aliphatic carbocycles. The average Bonchev–Trinajstić information content (AvgIpc) is 3.17. The van der Waals surface area contributed by atoms with E-state index in [1.165, 1.54) is 23.5 Å². The highest BCUT2D eigenvalue weighted by atomic mass is 32.1. The normalized spacial score (nSPS) is 10.5. The molecule has 3 aromatic rings. The molecule has 0 saturated carbocycles. The van der Waals surface area contributed by atoms with Gasteiger partial charge in [0.05, 0.1) is 22.9 Å². The fraction of sp³-hybridized carbons (Fsp3) is 0.190. The van der Waals surface area contributed by atoms with Crippen LogP contribution in [-0.2, 0) is 16.0 Å². The maximum absolute atomic E-state index is 13.0. The summed E-state index contributed by atoms with van der Waals surface area (Å²) in [6.45, 7) is 2.06. The molecular formula is C21H19FN2O3S. The van der Waals surface area contributed by atoms with Gasteiger partial charge in [-0.25, -0.2) is 14.2 Å². The van der Waals surface area contributed by atoms with E-state index in [-0.39, 0.29) is 24.1 Å². The molecule has 28 heavy (non-hydrogen) atoms. The van der Waals surface area contributed by atoms with Crippen LogP contribution in [0.1, 0.15) is 28.7 Å². The maximum Gasteiger partial charge on any atom is 0.338 e. The van der Waals surface area contributed by atoms with Crippen molar-refractivity contribution in [3.8, 4) is 11.3 Å². The van der Waals surface area contributed by atoms with Crippen LogP contribution in [-0.4, -0.2) is 23.5 Å². The first-order valence-electron chi connectivity index (χ1n) is 8.82. The number of carbonyl (C=O) groups is 2. The van der Waals surface area contributed by atoms with Crippen LogP contribution in [0.2, 0.25) is 0 Å². The predicted octanol–water partition coefficient (Wildman–Crippen LogP) is 4.70. The van der Waals surface area contributed by atoms with E-state index in [0.29, 0.717) is 24.3 Å². The van der Waals surface area contributed by atoms with Crippen molar-refractivity contribution in [2.75, 3.05) is 11.9 Å². The standard InChI is InChI=1S/C21H19FN2O3S/c1-2-27-21(26)15-5-9-17(10-6-15)23-19(25)11-12-20-24-18(13-28-20)14-3-7-16(22)8-4-14/h3-10,13H,2,11-12H2,1H3,(H,23,25). The number of anilines is 1. The fourth-order valence-corrected chi connectivity index (χ4v) is 3.33. The first kappa shape index (κ1) is 19.7. The van der Waals surface area contributed by atoms with Crippen molar-refractivity contribution in [3.05, 3.63) is 70.3 Å². The minimum atomic E-state index is -0.388. The molecule has 7 heteroatoms. The molecule has 0 aliphatic heterocycles. The van der Waals surface area contributed by atoms with Gasteiger partial charge in [0.25, 0.3) is 0 Å². The second-order valence-electron chi connectivity index (χ2n) is 5.98. The summed E-state index contributed by atoms with van der Waals surface area (Å²) >= 11 is 1.47. The molecular weight excluding hydrogens is 379 g/mol. The smallest absolute Gasteiger partial charge is 0.338 e. The van der Waals surface area contributed by atoms with Crippen LogP contribution >= 0.6 is 11.3 Å². The summed E-state index contributed by atoms with van der Waals surface area (Å²) in [5, 5.41) is 5.54. The highest BCUT2D eigenvalue weighted by molar-refractivity contribution is 7.09. The molecule has 1 amide bonds. The minimum absolute atomic E-state index is 0.137. The number of aryl methyl sites for hydroxylation is 1. The van der Waals surface area contributed by atoms with Crippen LogP contribution in [0.3, 0.4) is 0 Å². The largest absolute Gasteiger partial charge is 0.462 e. The Morgan fingerprint density at radius 3 is 2.50 bits per heavy atom. The van der Waals surface area contributed by atoms with Crippen molar-refractivity contribution in [1.29, 1.82) is 0 Å². The van der Waals surface area contributed by atoms with Crippen LogP contribution in [0.4, 0.5) is 10.1 Å². The lowest BCUT2D eigenvalue weighted by Crippen LogP contribution is -2.12. The zero-order valence-electron chi connectivity index (χ0n) is 15.3. The molecule has 0 atom stereocenters. The molecule has 2 aromatic carbocycles. The van der Waals surface area contributed by atoms with Crippen molar-refractivity contribution in [1.82, 2.24) is 4.98 Å². The lowest BCUT2D eigenvalue weighted by Gasteiger charge is -2.06. The Kier molecular flexibility index (Phi) is 6.49. The number of carbonyl (C=O) groups excluding carboxylic acids is 2. The Bertz CT molecular complexity index is 953. The quantitative estimate of drug-likeness (QED) is 0.586. The van der Waals surface area contributed by atoms with Crippen molar-refractivity contribution < 1.29 is 18.7 Å². The van der Waals surface area contributed by atoms with Crippen molar-refractivity contribution >= 4 is 28.9 Å². The molecule has 144 valence electrons. The van der Waals surface area contributed by atoms with Gasteiger partial charge in [-0.15, -0.1) is 11.3 Å². The van der Waals surface area contributed by atoms with E-state index in [2.05, 4.69) is 10.3 Å². The molecule has 3 rings (SSSR count). The van der Waals surface area contributed by atoms with Crippen molar-refractivity contribution in [2.45, 2.75) is 19.8 Å². The SMILES string of the molecule is CCOC(=O)c1ccc(NC(=O)CCc2nc(-c3ccc(F)cc3)cs2)cc1. The molecule has 0 bridgehead atoms. The predicted molar refractivity (Wildman–Crippen MR) is 107 cm³/mol. The van der Waals surface area contributed by atoms with Gasteiger partial charge in [-0.2, -0.15) is 0 Å². The molecule has 0 fully saturated rings. The third-order valence-corrected chi connectivity index (χ3v) is 4.85. The molecule has 0 radical (unpaired) electrons. The fourth-order valence-electron chi connectivity index (χ4n) is 2.53. The Hall–Kier alpha value is -3.06. The zero-order chi connectivity index (χ0) is 19.9. The summed E-state index contributed by atoms with van der Waals surface area (Å²) in [6.07, 6.45) is 0.800. The molecule has 1 aromatic heterocycles. The van der Waals surface area contributed by atoms with Gasteiger partial charge < -0.3 is 10.1 Å². The number of hydrogen-bond donors (Lipinski definition) is 1. The number of benzene rings is 2. The van der Waals surface area contributed by atoms with Gasteiger partial charge in [0, 0.05) is 29.5 Å². The highest BCUT2D eigenvalue weighted by Gasteiger charge is 2.09. The summed E-state index contributed by atoms with van der Waals surface area (Å²) in [4.78, 5) is 28.3. The van der Waals surface area contributed by atoms with E-state index < -0.39 is 0 Å². The summed E-state index contributed by atoms with van der Waals surface area (Å²) in [6, 6.07) is 12.7. The van der Waals surface area contributed by atoms with Gasteiger partial charge in [-0.1, -0.05) is 0 Å². The van der Waals surface area contributed by atoms with Crippen molar-refractivity contribution in [3.63, 3.8) is 0 Å². The molecule has 0 saturated heterocycles. The van der Waals surface area contributed by atoms with Crippen molar-refractivity contribution in [2.24, 2.45) is 0 Å². The maximum atomic E-state index is 13.0. The van der Waals surface area contributed by atoms with E-state index in [9.17, 15) is 14.0 Å². The second-order valence-corrected chi connectivity index (χ2v) is 6.92. The third kappa shape index (κ3) is 5.23. The van der Waals surface area contributed by atoms with E-state index >= 15 is 0 Å². The lowest BCUT2D eigenvalue weighted by molar-refractivity contribution is -0.116. The summed E-state index contributed by atoms with van der Waals surface area (Å²) in [5.74, 6) is -0.810. The Labute approximate surface area is 166 Å². The molecule has 0 spiro atoms. The van der Waals surface area contributed by atoms with Gasteiger partial charge >= 0.3 is 5.97 Å². The van der Waals surface area contributed by atoms with Gasteiger partial charge in [0.15, 0.2) is 0 Å². The molecule has 1 heterocycles. The first-order valence-corrected chi connectivity index (χ1v) is 9.70. The van der Waals surface area contributed by atoms with Gasteiger partial charge in [-0.3, -0.25) is 4.79 Å². The molecule has 0 aliphatic rings. The molecule has 0 unspecified atom stereocenters. The lowest BCUT2D eigenvalue weighted by atomic mass is 10.2. The van der Waals surface area contributed by atoms with Crippen LogP contribution in [0.15, 0.2) is 53.9 Å². The number of thiazole rings is 1. The zero-order valence-corrected chi connectivity index (χ0v) is 16.1. The van der Waals surface area contributed by atoms with Crippen LogP contribution in [0.25, 0.3) is 11.3 Å². The number of ether oxygens (including phenoxy) is 1. The summed E-state index contributed by atoms with van der Waals surface area (Å²) in [5.41, 5.74) is 2.67. The topological polar surface area (TPSA) is 68.3 Å². The van der Waals surface area contributed by atoms with E-state index in [1.807, 2.05) is 5.38 Å². The first-order chi connectivity index (χ1) is 13.5.